The van der Waals surface area contributed by atoms with E-state index in [4.69, 9.17) is 5.73 Å². The number of carboxylic acid groups (broad SMARTS) is 1. The summed E-state index contributed by atoms with van der Waals surface area (Å²) in [4.78, 5) is 11.3. The third-order valence-electron chi connectivity index (χ3n) is 3.86. The van der Waals surface area contributed by atoms with Gasteiger partial charge >= 0.3 is 5.97 Å². The van der Waals surface area contributed by atoms with Crippen LogP contribution in [0.1, 0.15) is 53.4 Å². The molecule has 1 aliphatic rings. The SMILES string of the molecule is CC.CCCCCC(C)(SCC1C=CC=CC=C1)C(N)C(=O)O. The van der Waals surface area contributed by atoms with E-state index in [1.807, 2.05) is 45.1 Å². The minimum Gasteiger partial charge on any atom is -0.480 e. The van der Waals surface area contributed by atoms with Crippen LogP contribution in [0.25, 0.3) is 0 Å². The van der Waals surface area contributed by atoms with Gasteiger partial charge in [0.05, 0.1) is 0 Å². The van der Waals surface area contributed by atoms with Gasteiger partial charge in [-0.1, -0.05) is 76.5 Å². The van der Waals surface area contributed by atoms with Gasteiger partial charge in [0.2, 0.25) is 0 Å². The number of aliphatic carboxylic acids is 1. The van der Waals surface area contributed by atoms with E-state index in [9.17, 15) is 9.90 Å². The summed E-state index contributed by atoms with van der Waals surface area (Å²) in [5.41, 5.74) is 5.95. The molecule has 4 heteroatoms. The molecule has 1 rings (SSSR count). The van der Waals surface area contributed by atoms with Crippen LogP contribution < -0.4 is 5.73 Å². The fraction of sp³-hybridized carbons (Fsp3) is 0.632. The van der Waals surface area contributed by atoms with Crippen molar-refractivity contribution in [3.63, 3.8) is 0 Å². The zero-order valence-electron chi connectivity index (χ0n) is 15.0. The van der Waals surface area contributed by atoms with Crippen molar-refractivity contribution in [2.75, 3.05) is 5.75 Å². The standard InChI is InChI=1S/C17H27NO2S.C2H6/c1-3-4-9-12-17(2,15(18)16(19)20)21-13-14-10-7-5-6-8-11-14;1-2/h5-8,10-11,14-15H,3-4,9,12-13,18H2,1-2H3,(H,19,20);1-2H3. The van der Waals surface area contributed by atoms with E-state index in [-0.39, 0.29) is 0 Å². The second kappa shape index (κ2) is 12.4. The molecule has 0 fully saturated rings. The Hall–Kier alpha value is -1.00. The average Bonchev–Trinajstić information content (AvgIpc) is 2.83. The number of carbonyl (C=O) groups is 1. The molecule has 0 aromatic carbocycles. The summed E-state index contributed by atoms with van der Waals surface area (Å²) >= 11 is 1.69. The predicted molar refractivity (Wildman–Crippen MR) is 103 cm³/mol. The first-order valence-electron chi connectivity index (χ1n) is 8.63. The molecule has 0 saturated heterocycles. The van der Waals surface area contributed by atoms with Crippen molar-refractivity contribution in [2.24, 2.45) is 11.7 Å². The number of hydrogen-bond acceptors (Lipinski definition) is 3. The molecular formula is C19H33NO2S. The van der Waals surface area contributed by atoms with E-state index in [1.165, 1.54) is 0 Å². The first-order valence-corrected chi connectivity index (χ1v) is 9.62. The van der Waals surface area contributed by atoms with Crippen LogP contribution in [0.3, 0.4) is 0 Å². The van der Waals surface area contributed by atoms with Crippen molar-refractivity contribution in [1.29, 1.82) is 0 Å². The molecule has 3 nitrogen and oxygen atoms in total. The molecule has 0 spiro atoms. The maximum atomic E-state index is 11.3. The Morgan fingerprint density at radius 2 is 1.78 bits per heavy atom. The molecule has 0 radical (unpaired) electrons. The number of unbranched alkanes of at least 4 members (excludes halogenated alkanes) is 2. The zero-order chi connectivity index (χ0) is 17.7. The Morgan fingerprint density at radius 1 is 1.22 bits per heavy atom. The van der Waals surface area contributed by atoms with Crippen LogP contribution in [0.4, 0.5) is 0 Å². The molecule has 0 aromatic heterocycles. The summed E-state index contributed by atoms with van der Waals surface area (Å²) in [6.45, 7) is 8.14. The Bertz CT molecular complexity index is 402. The summed E-state index contributed by atoms with van der Waals surface area (Å²) in [5.74, 6) is 0.282. The maximum Gasteiger partial charge on any atom is 0.321 e. The fourth-order valence-corrected chi connectivity index (χ4v) is 3.67. The summed E-state index contributed by atoms with van der Waals surface area (Å²) < 4.78 is -0.414. The van der Waals surface area contributed by atoms with Gasteiger partial charge in [-0.15, -0.1) is 0 Å². The Labute approximate surface area is 146 Å². The molecule has 1 aliphatic carbocycles. The van der Waals surface area contributed by atoms with Gasteiger partial charge in [-0.25, -0.2) is 0 Å². The monoisotopic (exact) mass is 339 g/mol. The quantitative estimate of drug-likeness (QED) is 0.593. The van der Waals surface area contributed by atoms with Crippen molar-refractivity contribution in [1.82, 2.24) is 0 Å². The van der Waals surface area contributed by atoms with Crippen molar-refractivity contribution >= 4 is 17.7 Å². The normalized spacial score (nSPS) is 17.8. The summed E-state index contributed by atoms with van der Waals surface area (Å²) in [6.07, 6.45) is 16.5. The minimum atomic E-state index is -0.907. The molecule has 132 valence electrons. The lowest BCUT2D eigenvalue weighted by molar-refractivity contribution is -0.139. The van der Waals surface area contributed by atoms with Crippen LogP contribution in [-0.4, -0.2) is 27.6 Å². The van der Waals surface area contributed by atoms with E-state index >= 15 is 0 Å². The van der Waals surface area contributed by atoms with E-state index in [0.29, 0.717) is 5.92 Å². The molecule has 0 heterocycles. The predicted octanol–water partition coefficient (Wildman–Crippen LogP) is 4.80. The van der Waals surface area contributed by atoms with Gasteiger partial charge in [0.25, 0.3) is 0 Å². The summed E-state index contributed by atoms with van der Waals surface area (Å²) in [6, 6.07) is -0.823. The van der Waals surface area contributed by atoms with E-state index < -0.39 is 16.8 Å². The lowest BCUT2D eigenvalue weighted by atomic mass is 9.95. The van der Waals surface area contributed by atoms with E-state index in [1.54, 1.807) is 11.8 Å². The molecule has 0 bridgehead atoms. The zero-order valence-corrected chi connectivity index (χ0v) is 15.8. The van der Waals surface area contributed by atoms with Crippen molar-refractivity contribution < 1.29 is 9.90 Å². The Balaban J connectivity index is 0.00000232. The molecule has 2 unspecified atom stereocenters. The lowest BCUT2D eigenvalue weighted by Crippen LogP contribution is -2.49. The van der Waals surface area contributed by atoms with Crippen LogP contribution in [0.2, 0.25) is 0 Å². The Kier molecular flexibility index (Phi) is 11.9. The highest BCUT2D eigenvalue weighted by Gasteiger charge is 2.36. The molecule has 0 saturated carbocycles. The molecule has 3 N–H and O–H groups in total. The van der Waals surface area contributed by atoms with Crippen molar-refractivity contribution in [3.8, 4) is 0 Å². The van der Waals surface area contributed by atoms with Crippen LogP contribution in [-0.2, 0) is 4.79 Å². The van der Waals surface area contributed by atoms with Gasteiger partial charge in [0.15, 0.2) is 0 Å². The number of rotatable bonds is 9. The van der Waals surface area contributed by atoms with Gasteiger partial charge in [0.1, 0.15) is 6.04 Å². The molecule has 0 aliphatic heterocycles. The number of carboxylic acids is 1. The van der Waals surface area contributed by atoms with Crippen LogP contribution in [0.5, 0.6) is 0 Å². The number of allylic oxidation sites excluding steroid dienone is 6. The van der Waals surface area contributed by atoms with Crippen LogP contribution >= 0.6 is 11.8 Å². The fourth-order valence-electron chi connectivity index (χ4n) is 2.31. The van der Waals surface area contributed by atoms with Crippen LogP contribution in [0.15, 0.2) is 36.5 Å². The van der Waals surface area contributed by atoms with Gasteiger partial charge < -0.3 is 10.8 Å². The molecule has 0 amide bonds. The van der Waals surface area contributed by atoms with Crippen molar-refractivity contribution in [3.05, 3.63) is 36.5 Å². The molecule has 2 atom stereocenters. The first-order chi connectivity index (χ1) is 11.0. The van der Waals surface area contributed by atoms with Crippen LogP contribution in [0, 0.1) is 5.92 Å². The van der Waals surface area contributed by atoms with Gasteiger partial charge in [0, 0.05) is 16.4 Å². The highest BCUT2D eigenvalue weighted by atomic mass is 32.2. The van der Waals surface area contributed by atoms with Gasteiger partial charge in [-0.05, 0) is 13.3 Å². The molecule has 0 aromatic rings. The Morgan fingerprint density at radius 3 is 2.26 bits per heavy atom. The summed E-state index contributed by atoms with van der Waals surface area (Å²) in [5, 5.41) is 9.28. The van der Waals surface area contributed by atoms with E-state index in [2.05, 4.69) is 19.1 Å². The largest absolute Gasteiger partial charge is 0.480 e. The average molecular weight is 340 g/mol. The van der Waals surface area contributed by atoms with E-state index in [0.717, 1.165) is 31.4 Å². The number of nitrogens with two attached hydrogens (primary N) is 1. The second-order valence-corrected chi connectivity index (χ2v) is 7.27. The highest BCUT2D eigenvalue weighted by molar-refractivity contribution is 8.00. The number of thioether (sulfide) groups is 1. The lowest BCUT2D eigenvalue weighted by Gasteiger charge is -2.33. The summed E-state index contributed by atoms with van der Waals surface area (Å²) in [7, 11) is 0. The second-order valence-electron chi connectivity index (χ2n) is 5.72. The third-order valence-corrected chi connectivity index (χ3v) is 5.53. The smallest absolute Gasteiger partial charge is 0.321 e. The topological polar surface area (TPSA) is 63.3 Å². The van der Waals surface area contributed by atoms with Gasteiger partial charge in [-0.3, -0.25) is 4.79 Å². The third kappa shape index (κ3) is 8.42. The van der Waals surface area contributed by atoms with Gasteiger partial charge in [-0.2, -0.15) is 11.8 Å². The number of hydrogen-bond donors (Lipinski definition) is 2. The molecule has 23 heavy (non-hydrogen) atoms. The highest BCUT2D eigenvalue weighted by Crippen LogP contribution is 2.35. The first kappa shape index (κ1) is 22.0. The molecular weight excluding hydrogens is 306 g/mol. The van der Waals surface area contributed by atoms with Crippen molar-refractivity contribution in [2.45, 2.75) is 64.2 Å². The maximum absolute atomic E-state index is 11.3. The minimum absolute atomic E-state index is 0.330.